The molecule has 3 aromatic rings. The molecule has 3 aromatic heterocycles. The standard InChI is InChI=1S/C19H15BrClF2N7O3/c1-29-8-9(13(28-29)14(22)23)16(31)25-18(33)19(4-5-19)26-17(32)11-7-12(20)27-30(11)15-10(21)3-2-6-24-15/h2-3,6-8,14H,4-5H2,1H3,(H,26,32)(H,25,31,33). The van der Waals surface area contributed by atoms with Crippen molar-refractivity contribution in [1.82, 2.24) is 35.2 Å². The molecule has 172 valence electrons. The summed E-state index contributed by atoms with van der Waals surface area (Å²) in [6.45, 7) is 0. The van der Waals surface area contributed by atoms with Gasteiger partial charge in [-0.1, -0.05) is 11.6 Å². The van der Waals surface area contributed by atoms with Crippen LogP contribution in [0.25, 0.3) is 5.82 Å². The highest BCUT2D eigenvalue weighted by molar-refractivity contribution is 9.10. The van der Waals surface area contributed by atoms with Crippen LogP contribution in [0.5, 0.6) is 0 Å². The molecule has 1 aliphatic carbocycles. The quantitative estimate of drug-likeness (QED) is 0.462. The molecule has 2 N–H and O–H groups in total. The van der Waals surface area contributed by atoms with Gasteiger partial charge in [-0.25, -0.2) is 18.4 Å². The van der Waals surface area contributed by atoms with Gasteiger partial charge in [-0.15, -0.1) is 0 Å². The maximum atomic E-state index is 13.1. The number of carbonyl (C=O) groups is 3. The van der Waals surface area contributed by atoms with Crippen molar-refractivity contribution in [1.29, 1.82) is 0 Å². The molecule has 14 heteroatoms. The molecule has 33 heavy (non-hydrogen) atoms. The number of carbonyl (C=O) groups excluding carboxylic acids is 3. The summed E-state index contributed by atoms with van der Waals surface area (Å²) in [5.74, 6) is -2.30. The molecular formula is C19H15BrClF2N7O3. The van der Waals surface area contributed by atoms with E-state index in [0.29, 0.717) is 4.60 Å². The third-order valence-electron chi connectivity index (χ3n) is 4.93. The van der Waals surface area contributed by atoms with E-state index in [1.807, 2.05) is 0 Å². The van der Waals surface area contributed by atoms with Crippen molar-refractivity contribution in [2.75, 3.05) is 0 Å². The lowest BCUT2D eigenvalue weighted by Crippen LogP contribution is -2.51. The molecule has 0 bridgehead atoms. The number of pyridine rings is 1. The number of alkyl halides is 2. The molecule has 0 aromatic carbocycles. The Morgan fingerprint density at radius 2 is 1.97 bits per heavy atom. The van der Waals surface area contributed by atoms with E-state index in [1.165, 1.54) is 24.0 Å². The van der Waals surface area contributed by atoms with Crippen LogP contribution in [-0.2, 0) is 11.8 Å². The molecule has 0 radical (unpaired) electrons. The van der Waals surface area contributed by atoms with Crippen LogP contribution < -0.4 is 10.6 Å². The molecule has 0 aliphatic heterocycles. The Morgan fingerprint density at radius 1 is 1.24 bits per heavy atom. The first-order valence-electron chi connectivity index (χ1n) is 9.48. The van der Waals surface area contributed by atoms with Crippen molar-refractivity contribution in [3.63, 3.8) is 0 Å². The Hall–Kier alpha value is -3.19. The van der Waals surface area contributed by atoms with Crippen LogP contribution in [0.4, 0.5) is 8.78 Å². The van der Waals surface area contributed by atoms with Crippen molar-refractivity contribution in [3.05, 3.63) is 57.2 Å². The van der Waals surface area contributed by atoms with E-state index in [4.69, 9.17) is 11.6 Å². The van der Waals surface area contributed by atoms with Crippen molar-refractivity contribution < 1.29 is 23.2 Å². The van der Waals surface area contributed by atoms with Crippen molar-refractivity contribution in [2.45, 2.75) is 24.8 Å². The SMILES string of the molecule is Cn1cc(C(=O)NC(=O)C2(NC(=O)c3cc(Br)nn3-c3ncccc3Cl)CC2)c(C(F)F)n1. The first-order chi connectivity index (χ1) is 15.6. The van der Waals surface area contributed by atoms with E-state index in [9.17, 15) is 23.2 Å². The van der Waals surface area contributed by atoms with Gasteiger partial charge in [-0.3, -0.25) is 24.4 Å². The Kier molecular flexibility index (Phi) is 6.01. The van der Waals surface area contributed by atoms with E-state index in [0.717, 1.165) is 10.9 Å². The molecule has 0 saturated heterocycles. The van der Waals surface area contributed by atoms with Crippen molar-refractivity contribution >= 4 is 45.3 Å². The van der Waals surface area contributed by atoms with Crippen molar-refractivity contribution in [2.24, 2.45) is 7.05 Å². The summed E-state index contributed by atoms with van der Waals surface area (Å²) in [5.41, 5.74) is -2.48. The molecule has 10 nitrogen and oxygen atoms in total. The Morgan fingerprint density at radius 3 is 2.61 bits per heavy atom. The second-order valence-corrected chi connectivity index (χ2v) is 8.51. The highest BCUT2D eigenvalue weighted by Gasteiger charge is 2.52. The molecule has 1 fully saturated rings. The minimum atomic E-state index is -2.99. The summed E-state index contributed by atoms with van der Waals surface area (Å²) in [5, 5.41) is 12.6. The van der Waals surface area contributed by atoms with Crippen LogP contribution in [0.2, 0.25) is 5.02 Å². The van der Waals surface area contributed by atoms with E-state index in [-0.39, 0.29) is 29.4 Å². The molecular weight excluding hydrogens is 528 g/mol. The minimum absolute atomic E-state index is 0.0418. The summed E-state index contributed by atoms with van der Waals surface area (Å²) >= 11 is 9.36. The third kappa shape index (κ3) is 4.50. The summed E-state index contributed by atoms with van der Waals surface area (Å²) in [7, 11) is 1.38. The monoisotopic (exact) mass is 541 g/mol. The number of nitrogens with one attached hydrogen (secondary N) is 2. The predicted octanol–water partition coefficient (Wildman–Crippen LogP) is 2.57. The molecule has 1 saturated carbocycles. The van der Waals surface area contributed by atoms with Crippen LogP contribution in [0.3, 0.4) is 0 Å². The number of halogens is 4. The molecule has 0 unspecified atom stereocenters. The van der Waals surface area contributed by atoms with E-state index < -0.39 is 40.9 Å². The number of rotatable bonds is 6. The fraction of sp³-hybridized carbons (Fsp3) is 0.263. The van der Waals surface area contributed by atoms with Gasteiger partial charge in [0.1, 0.15) is 21.5 Å². The van der Waals surface area contributed by atoms with E-state index in [2.05, 4.69) is 41.7 Å². The van der Waals surface area contributed by atoms with Crippen molar-refractivity contribution in [3.8, 4) is 5.82 Å². The smallest absolute Gasteiger partial charge is 0.282 e. The fourth-order valence-electron chi connectivity index (χ4n) is 3.16. The fourth-order valence-corrected chi connectivity index (χ4v) is 3.73. The number of amides is 3. The maximum absolute atomic E-state index is 13.1. The molecule has 0 atom stereocenters. The average molecular weight is 543 g/mol. The number of nitrogens with zero attached hydrogens (tertiary/aromatic N) is 5. The number of imide groups is 1. The third-order valence-corrected chi connectivity index (χ3v) is 5.61. The van der Waals surface area contributed by atoms with E-state index in [1.54, 1.807) is 12.1 Å². The van der Waals surface area contributed by atoms with Crippen LogP contribution in [0.15, 0.2) is 35.2 Å². The second kappa shape index (κ2) is 8.63. The number of hydrogen-bond donors (Lipinski definition) is 2. The number of hydrogen-bond acceptors (Lipinski definition) is 6. The zero-order valence-electron chi connectivity index (χ0n) is 16.9. The van der Waals surface area contributed by atoms with E-state index >= 15 is 0 Å². The summed E-state index contributed by atoms with van der Waals surface area (Å²) in [6, 6.07) is 4.62. The van der Waals surface area contributed by atoms with Gasteiger partial charge >= 0.3 is 0 Å². The molecule has 0 spiro atoms. The Bertz CT molecular complexity index is 1270. The largest absolute Gasteiger partial charge is 0.336 e. The van der Waals surface area contributed by atoms with Crippen LogP contribution in [0.1, 0.15) is 45.8 Å². The van der Waals surface area contributed by atoms with Gasteiger partial charge < -0.3 is 5.32 Å². The van der Waals surface area contributed by atoms with Crippen LogP contribution >= 0.6 is 27.5 Å². The summed E-state index contributed by atoms with van der Waals surface area (Å²) < 4.78 is 28.9. The highest BCUT2D eigenvalue weighted by Crippen LogP contribution is 2.36. The van der Waals surface area contributed by atoms with Gasteiger partial charge in [-0.05, 0) is 40.9 Å². The Labute approximate surface area is 198 Å². The predicted molar refractivity (Wildman–Crippen MR) is 114 cm³/mol. The lowest BCUT2D eigenvalue weighted by Gasteiger charge is -2.17. The zero-order valence-corrected chi connectivity index (χ0v) is 19.2. The minimum Gasteiger partial charge on any atom is -0.336 e. The van der Waals surface area contributed by atoms with Gasteiger partial charge in [0, 0.05) is 25.5 Å². The van der Waals surface area contributed by atoms with Gasteiger partial charge in [0.05, 0.1) is 10.6 Å². The van der Waals surface area contributed by atoms with Gasteiger partial charge in [-0.2, -0.15) is 10.2 Å². The molecule has 3 amide bonds. The number of aryl methyl sites for hydroxylation is 1. The lowest BCUT2D eigenvalue weighted by molar-refractivity contribution is -0.123. The second-order valence-electron chi connectivity index (χ2n) is 7.29. The Balaban J connectivity index is 1.52. The number of aromatic nitrogens is 5. The molecule has 1 aliphatic rings. The normalized spacial score (nSPS) is 14.2. The molecule has 3 heterocycles. The summed E-state index contributed by atoms with van der Waals surface area (Å²) in [4.78, 5) is 42.3. The zero-order chi connectivity index (χ0) is 23.9. The van der Waals surface area contributed by atoms with Gasteiger partial charge in [0.15, 0.2) is 5.82 Å². The molecule has 4 rings (SSSR count). The lowest BCUT2D eigenvalue weighted by atomic mass is 10.2. The topological polar surface area (TPSA) is 124 Å². The van der Waals surface area contributed by atoms with Gasteiger partial charge in [0.2, 0.25) is 0 Å². The highest BCUT2D eigenvalue weighted by atomic mass is 79.9. The first kappa shape index (κ1) is 23.0. The average Bonchev–Trinajstić information content (AvgIpc) is 3.26. The maximum Gasteiger partial charge on any atom is 0.282 e. The summed E-state index contributed by atoms with van der Waals surface area (Å²) in [6.07, 6.45) is 0.0909. The van der Waals surface area contributed by atoms with Gasteiger partial charge in [0.25, 0.3) is 24.1 Å². The van der Waals surface area contributed by atoms with Crippen LogP contribution in [-0.4, -0.2) is 47.8 Å². The first-order valence-corrected chi connectivity index (χ1v) is 10.6. The van der Waals surface area contributed by atoms with Crippen LogP contribution in [0, 0.1) is 0 Å².